The van der Waals surface area contributed by atoms with Crippen molar-refractivity contribution in [1.29, 1.82) is 0 Å². The minimum absolute atomic E-state index is 0.365. The van der Waals surface area contributed by atoms with Crippen molar-refractivity contribution in [2.24, 2.45) is 0 Å². The molecular formula is C16H13F2N3. The third kappa shape index (κ3) is 2.60. The van der Waals surface area contributed by atoms with Crippen LogP contribution < -0.4 is 5.32 Å². The molecule has 0 aliphatic heterocycles. The summed E-state index contributed by atoms with van der Waals surface area (Å²) in [7, 11) is 1.74. The van der Waals surface area contributed by atoms with Crippen molar-refractivity contribution >= 4 is 11.0 Å². The lowest BCUT2D eigenvalue weighted by molar-refractivity contribution is 0.572. The van der Waals surface area contributed by atoms with Gasteiger partial charge in [-0.1, -0.05) is 12.1 Å². The Morgan fingerprint density at radius 1 is 1.00 bits per heavy atom. The molecule has 5 heteroatoms. The molecule has 0 spiro atoms. The lowest BCUT2D eigenvalue weighted by Crippen LogP contribution is -2.18. The number of hydrogen-bond acceptors (Lipinski definition) is 3. The van der Waals surface area contributed by atoms with Crippen molar-refractivity contribution < 1.29 is 8.78 Å². The Kier molecular flexibility index (Phi) is 3.58. The van der Waals surface area contributed by atoms with Gasteiger partial charge in [0.25, 0.3) is 0 Å². The Bertz CT molecular complexity index is 764. The molecule has 0 saturated carbocycles. The number of rotatable bonds is 3. The van der Waals surface area contributed by atoms with Crippen LogP contribution in [0.1, 0.15) is 17.2 Å². The zero-order valence-corrected chi connectivity index (χ0v) is 11.3. The normalized spacial score (nSPS) is 12.5. The van der Waals surface area contributed by atoms with E-state index in [1.54, 1.807) is 19.4 Å². The van der Waals surface area contributed by atoms with Gasteiger partial charge in [-0.15, -0.1) is 0 Å². The van der Waals surface area contributed by atoms with Gasteiger partial charge >= 0.3 is 0 Å². The van der Waals surface area contributed by atoms with Crippen molar-refractivity contribution in [2.45, 2.75) is 6.04 Å². The molecule has 0 radical (unpaired) electrons. The number of hydrogen-bond donors (Lipinski definition) is 1. The summed E-state index contributed by atoms with van der Waals surface area (Å²) >= 11 is 0. The van der Waals surface area contributed by atoms with E-state index in [2.05, 4.69) is 15.3 Å². The van der Waals surface area contributed by atoms with E-state index in [4.69, 9.17) is 0 Å². The molecule has 1 atom stereocenters. The topological polar surface area (TPSA) is 37.8 Å². The number of nitrogens with zero attached hydrogens (tertiary/aromatic N) is 2. The molecule has 0 aliphatic carbocycles. The van der Waals surface area contributed by atoms with Crippen LogP contribution in [0.4, 0.5) is 8.78 Å². The maximum absolute atomic E-state index is 13.5. The minimum Gasteiger partial charge on any atom is -0.309 e. The van der Waals surface area contributed by atoms with Gasteiger partial charge in [-0.3, -0.25) is 9.97 Å². The molecule has 1 heterocycles. The highest BCUT2D eigenvalue weighted by atomic mass is 19.1. The molecule has 0 saturated heterocycles. The first-order chi connectivity index (χ1) is 10.2. The van der Waals surface area contributed by atoms with Crippen LogP contribution in [0.3, 0.4) is 0 Å². The van der Waals surface area contributed by atoms with Gasteiger partial charge in [0.15, 0.2) is 0 Å². The third-order valence-electron chi connectivity index (χ3n) is 3.35. The first-order valence-corrected chi connectivity index (χ1v) is 6.52. The molecule has 1 aromatic heterocycles. The lowest BCUT2D eigenvalue weighted by atomic mass is 9.97. The maximum Gasteiger partial charge on any atom is 0.126 e. The van der Waals surface area contributed by atoms with Gasteiger partial charge < -0.3 is 5.32 Å². The largest absolute Gasteiger partial charge is 0.309 e. The highest BCUT2D eigenvalue weighted by molar-refractivity contribution is 5.78. The molecule has 3 rings (SSSR count). The number of benzene rings is 2. The standard InChI is InChI=1S/C16H13F2N3/c1-19-15(10-7-11(17)9-12(18)8-10)13-3-2-4-14-16(13)21-6-5-20-14/h2-9,15,19H,1H3. The SMILES string of the molecule is CNC(c1cc(F)cc(F)c1)c1cccc2nccnc12. The van der Waals surface area contributed by atoms with Gasteiger partial charge in [-0.2, -0.15) is 0 Å². The maximum atomic E-state index is 13.5. The average Bonchev–Trinajstić information content (AvgIpc) is 2.47. The van der Waals surface area contributed by atoms with E-state index in [-0.39, 0.29) is 6.04 Å². The number of halogens is 2. The van der Waals surface area contributed by atoms with E-state index in [1.165, 1.54) is 12.1 Å². The molecule has 1 unspecified atom stereocenters. The summed E-state index contributed by atoms with van der Waals surface area (Å²) < 4.78 is 26.9. The molecule has 2 aromatic carbocycles. The molecule has 0 bridgehead atoms. The van der Waals surface area contributed by atoms with Crippen LogP contribution in [-0.2, 0) is 0 Å². The number of aromatic nitrogens is 2. The molecular weight excluding hydrogens is 272 g/mol. The first-order valence-electron chi connectivity index (χ1n) is 6.52. The Hall–Kier alpha value is -2.40. The molecule has 0 fully saturated rings. The lowest BCUT2D eigenvalue weighted by Gasteiger charge is -2.18. The number of nitrogens with one attached hydrogen (secondary N) is 1. The van der Waals surface area contributed by atoms with E-state index < -0.39 is 11.6 Å². The molecule has 21 heavy (non-hydrogen) atoms. The summed E-state index contributed by atoms with van der Waals surface area (Å²) in [5.41, 5.74) is 2.79. The van der Waals surface area contributed by atoms with Crippen LogP contribution in [0.15, 0.2) is 48.8 Å². The van der Waals surface area contributed by atoms with Gasteiger partial charge in [-0.05, 0) is 30.8 Å². The summed E-state index contributed by atoms with van der Waals surface area (Å²) in [5.74, 6) is -1.20. The van der Waals surface area contributed by atoms with Gasteiger partial charge in [0.1, 0.15) is 11.6 Å². The average molecular weight is 285 g/mol. The predicted octanol–water partition coefficient (Wildman–Crippen LogP) is 3.22. The second-order valence-electron chi connectivity index (χ2n) is 4.70. The molecule has 1 N–H and O–H groups in total. The van der Waals surface area contributed by atoms with Crippen LogP contribution >= 0.6 is 0 Å². The summed E-state index contributed by atoms with van der Waals surface area (Å²) in [6.07, 6.45) is 3.22. The second kappa shape index (κ2) is 5.54. The molecule has 3 nitrogen and oxygen atoms in total. The number of fused-ring (bicyclic) bond motifs is 1. The van der Waals surface area contributed by atoms with Gasteiger partial charge in [0.05, 0.1) is 17.1 Å². The summed E-state index contributed by atoms with van der Waals surface area (Å²) in [6, 6.07) is 8.71. The Balaban J connectivity index is 2.18. The Morgan fingerprint density at radius 2 is 1.71 bits per heavy atom. The smallest absolute Gasteiger partial charge is 0.126 e. The highest BCUT2D eigenvalue weighted by Gasteiger charge is 2.17. The third-order valence-corrected chi connectivity index (χ3v) is 3.35. The minimum atomic E-state index is -0.600. The zero-order valence-electron chi connectivity index (χ0n) is 11.3. The fourth-order valence-corrected chi connectivity index (χ4v) is 2.49. The molecule has 0 amide bonds. The quantitative estimate of drug-likeness (QED) is 0.803. The van der Waals surface area contributed by atoms with Crippen LogP contribution in [0.2, 0.25) is 0 Å². The van der Waals surface area contributed by atoms with E-state index in [0.29, 0.717) is 11.1 Å². The van der Waals surface area contributed by atoms with Gasteiger partial charge in [-0.25, -0.2) is 8.78 Å². The van der Waals surface area contributed by atoms with Crippen LogP contribution in [0, 0.1) is 11.6 Å². The van der Waals surface area contributed by atoms with Crippen LogP contribution in [-0.4, -0.2) is 17.0 Å². The molecule has 0 aliphatic rings. The molecule has 106 valence electrons. The van der Waals surface area contributed by atoms with Gasteiger partial charge in [0, 0.05) is 24.0 Å². The van der Waals surface area contributed by atoms with E-state index >= 15 is 0 Å². The van der Waals surface area contributed by atoms with Crippen molar-refractivity contribution in [3.05, 3.63) is 71.6 Å². The Morgan fingerprint density at radius 3 is 2.43 bits per heavy atom. The van der Waals surface area contributed by atoms with E-state index in [9.17, 15) is 8.78 Å². The molecule has 3 aromatic rings. The zero-order chi connectivity index (χ0) is 14.8. The number of para-hydroxylation sites is 1. The van der Waals surface area contributed by atoms with Crippen molar-refractivity contribution in [3.63, 3.8) is 0 Å². The monoisotopic (exact) mass is 285 g/mol. The first kappa shape index (κ1) is 13.6. The van der Waals surface area contributed by atoms with E-state index in [0.717, 1.165) is 17.1 Å². The van der Waals surface area contributed by atoms with Gasteiger partial charge in [0.2, 0.25) is 0 Å². The summed E-state index contributed by atoms with van der Waals surface area (Å²) in [4.78, 5) is 8.58. The fraction of sp³-hybridized carbons (Fsp3) is 0.125. The van der Waals surface area contributed by atoms with Crippen molar-refractivity contribution in [2.75, 3.05) is 7.05 Å². The summed E-state index contributed by atoms with van der Waals surface area (Å²) in [5, 5.41) is 3.08. The predicted molar refractivity (Wildman–Crippen MR) is 76.8 cm³/mol. The van der Waals surface area contributed by atoms with Crippen LogP contribution in [0.25, 0.3) is 11.0 Å². The van der Waals surface area contributed by atoms with E-state index in [1.807, 2.05) is 18.2 Å². The summed E-state index contributed by atoms with van der Waals surface area (Å²) in [6.45, 7) is 0. The van der Waals surface area contributed by atoms with Crippen molar-refractivity contribution in [3.8, 4) is 0 Å². The second-order valence-corrected chi connectivity index (χ2v) is 4.70. The Labute approximate surface area is 120 Å². The highest BCUT2D eigenvalue weighted by Crippen LogP contribution is 2.27. The fourth-order valence-electron chi connectivity index (χ4n) is 2.49. The van der Waals surface area contributed by atoms with Crippen molar-refractivity contribution in [1.82, 2.24) is 15.3 Å². The van der Waals surface area contributed by atoms with Crippen LogP contribution in [0.5, 0.6) is 0 Å².